The summed E-state index contributed by atoms with van der Waals surface area (Å²) in [4.78, 5) is 4.44. The summed E-state index contributed by atoms with van der Waals surface area (Å²) in [5.41, 5.74) is 12.9. The van der Waals surface area contributed by atoms with Gasteiger partial charge in [-0.2, -0.15) is 0 Å². The number of fused-ring (bicyclic) bond motifs is 1. The van der Waals surface area contributed by atoms with Crippen LogP contribution in [0, 0.1) is 27.7 Å². The summed E-state index contributed by atoms with van der Waals surface area (Å²) in [6.07, 6.45) is 4.42. The highest BCUT2D eigenvalue weighted by Crippen LogP contribution is 2.44. The van der Waals surface area contributed by atoms with Crippen molar-refractivity contribution in [1.29, 1.82) is 0 Å². The van der Waals surface area contributed by atoms with Gasteiger partial charge in [0.15, 0.2) is 13.6 Å². The van der Waals surface area contributed by atoms with E-state index in [1.807, 2.05) is 13.1 Å². The Morgan fingerprint density at radius 3 is 2.34 bits per heavy atom. The Morgan fingerprint density at radius 2 is 1.69 bits per heavy atom. The molecule has 1 aromatic heterocycles. The van der Waals surface area contributed by atoms with E-state index >= 15 is 0 Å². The molecule has 1 unspecified atom stereocenters. The standard InChI is InChI=1S/C27H40N2O6/c1-17-18(2)25-22(19(3)24(17)33-15-30-6)8-9-27(5,35-25)10-11-32-14-21-13-29-20(4)26(23(21)12-28)34-16-31-7/h13H,8-12,14-16,28H2,1-7H3. The van der Waals surface area contributed by atoms with Crippen LogP contribution in [0.4, 0.5) is 0 Å². The number of methoxy groups -OCH3 is 2. The molecule has 2 aromatic rings. The highest BCUT2D eigenvalue weighted by Gasteiger charge is 2.34. The normalized spacial score (nSPS) is 17.1. The maximum absolute atomic E-state index is 6.61. The van der Waals surface area contributed by atoms with Crippen molar-refractivity contribution in [3.63, 3.8) is 0 Å². The first-order chi connectivity index (χ1) is 16.8. The summed E-state index contributed by atoms with van der Waals surface area (Å²) < 4.78 is 34.4. The Bertz CT molecular complexity index is 1030. The molecule has 1 aliphatic heterocycles. The third kappa shape index (κ3) is 6.06. The average molecular weight is 489 g/mol. The number of aryl methyl sites for hydroxylation is 1. The summed E-state index contributed by atoms with van der Waals surface area (Å²) in [6, 6.07) is 0. The van der Waals surface area contributed by atoms with Gasteiger partial charge < -0.3 is 34.2 Å². The molecule has 8 nitrogen and oxygen atoms in total. The van der Waals surface area contributed by atoms with Crippen LogP contribution in [-0.2, 0) is 33.8 Å². The number of aromatic nitrogens is 1. The smallest absolute Gasteiger partial charge is 0.188 e. The molecule has 194 valence electrons. The summed E-state index contributed by atoms with van der Waals surface area (Å²) in [6.45, 7) is 12.0. The Hall–Kier alpha value is -2.39. The predicted molar refractivity (Wildman–Crippen MR) is 134 cm³/mol. The number of pyridine rings is 1. The Labute approximate surface area is 209 Å². The molecule has 2 heterocycles. The van der Waals surface area contributed by atoms with E-state index in [9.17, 15) is 0 Å². The Kier molecular flexibility index (Phi) is 9.35. The van der Waals surface area contributed by atoms with Gasteiger partial charge in [0, 0.05) is 50.1 Å². The first-order valence-corrected chi connectivity index (χ1v) is 12.1. The van der Waals surface area contributed by atoms with Crippen molar-refractivity contribution < 1.29 is 28.4 Å². The fraction of sp³-hybridized carbons (Fsp3) is 0.593. The molecule has 0 bridgehead atoms. The average Bonchev–Trinajstić information content (AvgIpc) is 2.85. The van der Waals surface area contributed by atoms with Gasteiger partial charge in [-0.25, -0.2) is 0 Å². The zero-order valence-corrected chi connectivity index (χ0v) is 22.2. The first-order valence-electron chi connectivity index (χ1n) is 12.1. The molecular weight excluding hydrogens is 448 g/mol. The van der Waals surface area contributed by atoms with Crippen LogP contribution in [0.5, 0.6) is 17.2 Å². The van der Waals surface area contributed by atoms with Crippen LogP contribution in [0.3, 0.4) is 0 Å². The van der Waals surface area contributed by atoms with Crippen molar-refractivity contribution in [2.75, 3.05) is 34.4 Å². The van der Waals surface area contributed by atoms with Crippen molar-refractivity contribution >= 4 is 0 Å². The number of rotatable bonds is 12. The van der Waals surface area contributed by atoms with Crippen LogP contribution in [0.25, 0.3) is 0 Å². The number of hydrogen-bond donors (Lipinski definition) is 1. The van der Waals surface area contributed by atoms with Gasteiger partial charge in [-0.05, 0) is 64.2 Å². The number of nitrogens with zero attached hydrogens (tertiary/aromatic N) is 1. The lowest BCUT2D eigenvalue weighted by atomic mass is 9.86. The molecule has 1 atom stereocenters. The van der Waals surface area contributed by atoms with Gasteiger partial charge in [0.25, 0.3) is 0 Å². The van der Waals surface area contributed by atoms with E-state index in [1.54, 1.807) is 14.2 Å². The molecule has 35 heavy (non-hydrogen) atoms. The van der Waals surface area contributed by atoms with E-state index in [1.165, 1.54) is 5.56 Å². The van der Waals surface area contributed by atoms with Gasteiger partial charge >= 0.3 is 0 Å². The van der Waals surface area contributed by atoms with Crippen molar-refractivity contribution in [3.05, 3.63) is 45.3 Å². The van der Waals surface area contributed by atoms with E-state index in [0.717, 1.165) is 64.3 Å². The highest BCUT2D eigenvalue weighted by molar-refractivity contribution is 5.59. The summed E-state index contributed by atoms with van der Waals surface area (Å²) in [7, 11) is 3.22. The van der Waals surface area contributed by atoms with Gasteiger partial charge in [-0.1, -0.05) is 0 Å². The molecule has 0 spiro atoms. The second-order valence-corrected chi connectivity index (χ2v) is 9.35. The van der Waals surface area contributed by atoms with Crippen molar-refractivity contribution in [2.45, 2.75) is 72.6 Å². The number of hydrogen-bond acceptors (Lipinski definition) is 8. The third-order valence-electron chi connectivity index (χ3n) is 6.85. The zero-order valence-electron chi connectivity index (χ0n) is 22.2. The molecule has 0 saturated heterocycles. The molecule has 0 saturated carbocycles. The molecule has 2 N–H and O–H groups in total. The molecule has 1 aliphatic rings. The second kappa shape index (κ2) is 12.0. The molecule has 0 amide bonds. The van der Waals surface area contributed by atoms with Gasteiger partial charge in [0.05, 0.1) is 18.9 Å². The highest BCUT2D eigenvalue weighted by atomic mass is 16.7. The van der Waals surface area contributed by atoms with Gasteiger partial charge in [-0.3, -0.25) is 4.98 Å². The van der Waals surface area contributed by atoms with E-state index in [2.05, 4.69) is 32.7 Å². The lowest BCUT2D eigenvalue weighted by molar-refractivity contribution is 0.0135. The largest absolute Gasteiger partial charge is 0.487 e. The van der Waals surface area contributed by atoms with Gasteiger partial charge in [-0.15, -0.1) is 0 Å². The molecule has 0 fully saturated rings. The minimum absolute atomic E-state index is 0.148. The van der Waals surface area contributed by atoms with E-state index in [-0.39, 0.29) is 19.2 Å². The SMILES string of the molecule is COCOc1c(C)c(C)c2c(c1C)CCC(C)(CCOCc1cnc(C)c(OCOC)c1CN)O2. The van der Waals surface area contributed by atoms with E-state index in [4.69, 9.17) is 34.2 Å². The topological polar surface area (TPSA) is 94.3 Å². The van der Waals surface area contributed by atoms with E-state index < -0.39 is 0 Å². The van der Waals surface area contributed by atoms with Crippen LogP contribution in [0.1, 0.15) is 58.8 Å². The Morgan fingerprint density at radius 1 is 1.00 bits per heavy atom. The number of nitrogens with two attached hydrogens (primary N) is 1. The van der Waals surface area contributed by atoms with Crippen molar-refractivity contribution in [2.24, 2.45) is 5.73 Å². The number of ether oxygens (including phenoxy) is 6. The summed E-state index contributed by atoms with van der Waals surface area (Å²) >= 11 is 0. The van der Waals surface area contributed by atoms with Gasteiger partial charge in [0.1, 0.15) is 22.8 Å². The Balaban J connectivity index is 1.66. The minimum atomic E-state index is -0.305. The predicted octanol–water partition coefficient (Wildman–Crippen LogP) is 4.43. The number of benzene rings is 1. The van der Waals surface area contributed by atoms with Crippen molar-refractivity contribution in [1.82, 2.24) is 4.98 Å². The molecule has 3 rings (SSSR count). The maximum atomic E-state index is 6.61. The van der Waals surface area contributed by atoms with Gasteiger partial charge in [0.2, 0.25) is 0 Å². The zero-order chi connectivity index (χ0) is 25.6. The summed E-state index contributed by atoms with van der Waals surface area (Å²) in [5, 5.41) is 0. The fourth-order valence-corrected chi connectivity index (χ4v) is 4.60. The lowest BCUT2D eigenvalue weighted by Crippen LogP contribution is -2.38. The molecule has 1 aromatic carbocycles. The fourth-order valence-electron chi connectivity index (χ4n) is 4.60. The van der Waals surface area contributed by atoms with Crippen LogP contribution in [-0.4, -0.2) is 45.0 Å². The monoisotopic (exact) mass is 488 g/mol. The maximum Gasteiger partial charge on any atom is 0.188 e. The van der Waals surface area contributed by atoms with E-state index in [0.29, 0.717) is 25.5 Å². The molecule has 0 aliphatic carbocycles. The quantitative estimate of drug-likeness (QED) is 0.346. The molecular formula is C27H40N2O6. The second-order valence-electron chi connectivity index (χ2n) is 9.35. The first kappa shape index (κ1) is 27.2. The van der Waals surface area contributed by atoms with Crippen LogP contribution in [0.15, 0.2) is 6.20 Å². The van der Waals surface area contributed by atoms with Crippen molar-refractivity contribution in [3.8, 4) is 17.2 Å². The summed E-state index contributed by atoms with van der Waals surface area (Å²) in [5.74, 6) is 2.55. The minimum Gasteiger partial charge on any atom is -0.487 e. The van der Waals surface area contributed by atoms with Crippen LogP contribution < -0.4 is 19.9 Å². The third-order valence-corrected chi connectivity index (χ3v) is 6.85. The molecule has 8 heteroatoms. The van der Waals surface area contributed by atoms with Crippen LogP contribution >= 0.6 is 0 Å². The molecule has 0 radical (unpaired) electrons. The lowest BCUT2D eigenvalue weighted by Gasteiger charge is -2.38. The van der Waals surface area contributed by atoms with Crippen LogP contribution in [0.2, 0.25) is 0 Å².